The molecule has 0 spiro atoms. The molecule has 6 heteroatoms. The predicted molar refractivity (Wildman–Crippen MR) is 90.4 cm³/mol. The fourth-order valence-corrected chi connectivity index (χ4v) is 3.94. The lowest BCUT2D eigenvalue weighted by Crippen LogP contribution is -2.27. The number of H-pyrrole nitrogens is 1. The van der Waals surface area contributed by atoms with Crippen molar-refractivity contribution in [2.75, 3.05) is 0 Å². The van der Waals surface area contributed by atoms with Crippen LogP contribution in [0.5, 0.6) is 0 Å². The maximum Gasteiger partial charge on any atom is 0.178 e. The molecule has 1 N–H and O–H groups in total. The summed E-state index contributed by atoms with van der Waals surface area (Å²) in [4.78, 5) is 7.73. The molecule has 98 valence electrons. The Bertz CT molecular complexity index is 784. The highest BCUT2D eigenvalue weighted by molar-refractivity contribution is 14.1. The molecule has 0 saturated heterocycles. The van der Waals surface area contributed by atoms with Crippen molar-refractivity contribution in [1.82, 2.24) is 14.5 Å². The van der Waals surface area contributed by atoms with E-state index in [4.69, 9.17) is 12.2 Å². The summed E-state index contributed by atoms with van der Waals surface area (Å²) in [6, 6.07) is 6.32. The van der Waals surface area contributed by atoms with Crippen molar-refractivity contribution in [3.8, 4) is 0 Å². The molecular weight excluding hydrogens is 389 g/mol. The molecule has 1 aromatic carbocycles. The number of nitrogens with one attached hydrogen (secondary N) is 1. The van der Waals surface area contributed by atoms with Crippen LogP contribution < -0.4 is 0 Å². The van der Waals surface area contributed by atoms with Gasteiger partial charge >= 0.3 is 0 Å². The van der Waals surface area contributed by atoms with Gasteiger partial charge < -0.3 is 9.55 Å². The van der Waals surface area contributed by atoms with Crippen molar-refractivity contribution in [3.63, 3.8) is 0 Å². The van der Waals surface area contributed by atoms with Crippen molar-refractivity contribution in [1.29, 1.82) is 0 Å². The number of rotatable bonds is 2. The van der Waals surface area contributed by atoms with Gasteiger partial charge in [-0.3, -0.25) is 0 Å². The average Bonchev–Trinajstić information content (AvgIpc) is 2.94. The Morgan fingerprint density at radius 1 is 1.42 bits per heavy atom. The monoisotopic (exact) mass is 401 g/mol. The molecular formula is C13H12IN3S2. The zero-order valence-corrected chi connectivity index (χ0v) is 14.3. The quantitative estimate of drug-likeness (QED) is 0.505. The summed E-state index contributed by atoms with van der Waals surface area (Å²) in [5, 5.41) is 3.06. The number of nitrogens with zero attached hydrogens (tertiary/aromatic N) is 2. The summed E-state index contributed by atoms with van der Waals surface area (Å²) in [5.74, 6) is 0. The lowest BCUT2D eigenvalue weighted by Gasteiger charge is -2.25. The van der Waals surface area contributed by atoms with Crippen molar-refractivity contribution >= 4 is 57.2 Å². The fourth-order valence-electron chi connectivity index (χ4n) is 2.26. The van der Waals surface area contributed by atoms with Gasteiger partial charge in [-0.2, -0.15) is 0 Å². The van der Waals surface area contributed by atoms with E-state index < -0.39 is 0 Å². The lowest BCUT2D eigenvalue weighted by molar-refractivity contribution is 0.441. The van der Waals surface area contributed by atoms with E-state index >= 15 is 0 Å². The van der Waals surface area contributed by atoms with Crippen LogP contribution in [-0.4, -0.2) is 14.5 Å². The van der Waals surface area contributed by atoms with Crippen LogP contribution in [0.2, 0.25) is 0 Å². The predicted octanol–water partition coefficient (Wildman–Crippen LogP) is 4.54. The Labute approximate surface area is 133 Å². The van der Waals surface area contributed by atoms with Crippen molar-refractivity contribution < 1.29 is 0 Å². The largest absolute Gasteiger partial charge is 0.331 e. The SMILES string of the molecule is CC(C)(c1nccs1)n1c(=S)[nH]c2cc(I)ccc21. The molecule has 3 aromatic rings. The molecule has 0 atom stereocenters. The molecule has 0 aliphatic carbocycles. The van der Waals surface area contributed by atoms with Gasteiger partial charge in [0.15, 0.2) is 4.77 Å². The van der Waals surface area contributed by atoms with Crippen LogP contribution in [0.1, 0.15) is 18.9 Å². The van der Waals surface area contributed by atoms with Gasteiger partial charge in [-0.15, -0.1) is 11.3 Å². The van der Waals surface area contributed by atoms with Crippen LogP contribution >= 0.6 is 46.1 Å². The molecule has 0 radical (unpaired) electrons. The molecule has 0 aliphatic heterocycles. The van der Waals surface area contributed by atoms with Crippen LogP contribution in [-0.2, 0) is 5.54 Å². The van der Waals surface area contributed by atoms with Gasteiger partial charge in [0, 0.05) is 15.1 Å². The third-order valence-corrected chi connectivity index (χ3v) is 5.20. The number of thiazole rings is 1. The molecule has 19 heavy (non-hydrogen) atoms. The van der Waals surface area contributed by atoms with Crippen LogP contribution in [0.15, 0.2) is 29.8 Å². The number of imidazole rings is 1. The summed E-state index contributed by atoms with van der Waals surface area (Å²) >= 11 is 9.46. The maximum absolute atomic E-state index is 5.50. The first-order valence-electron chi connectivity index (χ1n) is 5.81. The van der Waals surface area contributed by atoms with Crippen LogP contribution in [0.25, 0.3) is 11.0 Å². The van der Waals surface area contributed by atoms with Crippen molar-refractivity contribution in [2.24, 2.45) is 0 Å². The maximum atomic E-state index is 5.50. The highest BCUT2D eigenvalue weighted by Gasteiger charge is 2.28. The third kappa shape index (κ3) is 2.15. The molecule has 0 unspecified atom stereocenters. The zero-order chi connectivity index (χ0) is 13.6. The molecule has 0 amide bonds. The summed E-state index contributed by atoms with van der Waals surface area (Å²) in [5.41, 5.74) is 1.93. The van der Waals surface area contributed by atoms with Crippen molar-refractivity contribution in [2.45, 2.75) is 19.4 Å². The van der Waals surface area contributed by atoms with Gasteiger partial charge in [-0.25, -0.2) is 4.98 Å². The second-order valence-corrected chi connectivity index (χ2v) is 7.35. The first-order chi connectivity index (χ1) is 9.00. The first-order valence-corrected chi connectivity index (χ1v) is 8.17. The Balaban J connectivity index is 2.31. The van der Waals surface area contributed by atoms with Crippen LogP contribution in [0.3, 0.4) is 0 Å². The van der Waals surface area contributed by atoms with Gasteiger partial charge in [-0.1, -0.05) is 0 Å². The number of hydrogen-bond donors (Lipinski definition) is 1. The third-order valence-electron chi connectivity index (χ3n) is 3.16. The van der Waals surface area contributed by atoms with Gasteiger partial charge in [0.1, 0.15) is 5.01 Å². The highest BCUT2D eigenvalue weighted by atomic mass is 127. The van der Waals surface area contributed by atoms with Crippen LogP contribution in [0, 0.1) is 8.34 Å². The van der Waals surface area contributed by atoms with Gasteiger partial charge in [-0.05, 0) is 66.9 Å². The molecule has 2 aromatic heterocycles. The Morgan fingerprint density at radius 3 is 2.89 bits per heavy atom. The lowest BCUT2D eigenvalue weighted by atomic mass is 10.1. The number of benzene rings is 1. The van der Waals surface area contributed by atoms with E-state index in [2.05, 4.69) is 69.2 Å². The van der Waals surface area contributed by atoms with E-state index in [-0.39, 0.29) is 5.54 Å². The first kappa shape index (κ1) is 13.3. The summed E-state index contributed by atoms with van der Waals surface area (Å²) in [7, 11) is 0. The summed E-state index contributed by atoms with van der Waals surface area (Å²) in [6.45, 7) is 4.29. The second-order valence-electron chi connectivity index (χ2n) is 4.82. The van der Waals surface area contributed by atoms with E-state index in [9.17, 15) is 0 Å². The normalized spacial score (nSPS) is 12.2. The minimum Gasteiger partial charge on any atom is -0.331 e. The Morgan fingerprint density at radius 2 is 2.21 bits per heavy atom. The minimum atomic E-state index is -0.254. The summed E-state index contributed by atoms with van der Waals surface area (Å²) in [6.07, 6.45) is 1.84. The van der Waals surface area contributed by atoms with E-state index in [1.54, 1.807) is 11.3 Å². The minimum absolute atomic E-state index is 0.254. The van der Waals surface area contributed by atoms with E-state index in [0.717, 1.165) is 20.8 Å². The molecule has 3 rings (SSSR count). The fraction of sp³-hybridized carbons (Fsp3) is 0.231. The number of hydrogen-bond acceptors (Lipinski definition) is 3. The van der Waals surface area contributed by atoms with E-state index in [1.807, 2.05) is 11.6 Å². The van der Waals surface area contributed by atoms with E-state index in [0.29, 0.717) is 0 Å². The topological polar surface area (TPSA) is 33.6 Å². The highest BCUT2D eigenvalue weighted by Crippen LogP contribution is 2.31. The standard InChI is InChI=1S/C13H12IN3S2/c1-13(2,11-15-5-6-19-11)17-10-4-3-8(14)7-9(10)16-12(17)18/h3-7H,1-2H3,(H,16,18). The zero-order valence-electron chi connectivity index (χ0n) is 10.5. The number of aromatic nitrogens is 3. The van der Waals surface area contributed by atoms with Crippen molar-refractivity contribution in [3.05, 3.63) is 43.1 Å². The number of halogens is 1. The average molecular weight is 401 g/mol. The number of fused-ring (bicyclic) bond motifs is 1. The van der Waals surface area contributed by atoms with Crippen LogP contribution in [0.4, 0.5) is 0 Å². The molecule has 0 bridgehead atoms. The van der Waals surface area contributed by atoms with Gasteiger partial charge in [0.25, 0.3) is 0 Å². The van der Waals surface area contributed by atoms with Gasteiger partial charge in [0.2, 0.25) is 0 Å². The molecule has 0 saturated carbocycles. The summed E-state index contributed by atoms with van der Waals surface area (Å²) < 4.78 is 4.07. The smallest absolute Gasteiger partial charge is 0.178 e. The molecule has 0 aliphatic rings. The Kier molecular flexibility index (Phi) is 3.26. The van der Waals surface area contributed by atoms with E-state index in [1.165, 1.54) is 3.57 Å². The second kappa shape index (κ2) is 4.68. The molecule has 2 heterocycles. The van der Waals surface area contributed by atoms with Gasteiger partial charge in [0.05, 0.1) is 16.6 Å². The Hall–Kier alpha value is -0.730. The molecule has 3 nitrogen and oxygen atoms in total. The number of aromatic amines is 1. The molecule has 0 fully saturated rings.